The molecular weight excluding hydrogens is 424 g/mol. The van der Waals surface area contributed by atoms with Gasteiger partial charge in [0.05, 0.1) is 4.91 Å². The molecular formula is C20H20N4O2S3. The van der Waals surface area contributed by atoms with Gasteiger partial charge in [-0.2, -0.15) is 0 Å². The first kappa shape index (κ1) is 21.4. The van der Waals surface area contributed by atoms with E-state index in [1.165, 1.54) is 23.1 Å². The summed E-state index contributed by atoms with van der Waals surface area (Å²) in [7, 11) is 0. The first-order valence-corrected chi connectivity index (χ1v) is 11.2. The van der Waals surface area contributed by atoms with Gasteiger partial charge in [-0.15, -0.1) is 10.2 Å². The lowest BCUT2D eigenvalue weighted by Crippen LogP contribution is -2.29. The minimum absolute atomic E-state index is 0.116. The van der Waals surface area contributed by atoms with E-state index in [0.717, 1.165) is 17.0 Å². The largest absolute Gasteiger partial charge is 0.301 e. The second-order valence-electron chi connectivity index (χ2n) is 6.13. The Morgan fingerprint density at radius 2 is 2.07 bits per heavy atom. The Morgan fingerprint density at radius 3 is 2.79 bits per heavy atom. The third kappa shape index (κ3) is 6.06. The van der Waals surface area contributed by atoms with E-state index in [1.54, 1.807) is 11.0 Å². The Hall–Kier alpha value is -2.36. The number of hydrogen-bond acceptors (Lipinski definition) is 7. The molecule has 0 radical (unpaired) electrons. The van der Waals surface area contributed by atoms with E-state index < -0.39 is 0 Å². The van der Waals surface area contributed by atoms with Crippen LogP contribution in [-0.2, 0) is 16.0 Å². The van der Waals surface area contributed by atoms with Crippen LogP contribution >= 0.6 is 35.3 Å². The fraction of sp³-hybridized carbons (Fsp3) is 0.250. The Labute approximate surface area is 183 Å². The molecule has 3 rings (SSSR count). The molecule has 2 heterocycles. The fourth-order valence-electron chi connectivity index (χ4n) is 2.54. The number of carbonyl (C=O) groups is 2. The normalized spacial score (nSPS) is 15.6. The summed E-state index contributed by atoms with van der Waals surface area (Å²) >= 11 is 7.98. The van der Waals surface area contributed by atoms with Crippen LogP contribution < -0.4 is 5.32 Å². The summed E-state index contributed by atoms with van der Waals surface area (Å²) in [6, 6.07) is 9.86. The van der Waals surface area contributed by atoms with Gasteiger partial charge in [-0.1, -0.05) is 84.7 Å². The van der Waals surface area contributed by atoms with Gasteiger partial charge in [0, 0.05) is 13.0 Å². The zero-order valence-electron chi connectivity index (χ0n) is 15.8. The Balaban J connectivity index is 1.47. The van der Waals surface area contributed by atoms with Crippen molar-refractivity contribution in [2.75, 3.05) is 11.9 Å². The van der Waals surface area contributed by atoms with Crippen LogP contribution in [0.25, 0.3) is 6.08 Å². The first-order valence-electron chi connectivity index (χ1n) is 9.16. The van der Waals surface area contributed by atoms with Crippen LogP contribution in [-0.4, -0.2) is 37.8 Å². The van der Waals surface area contributed by atoms with Crippen molar-refractivity contribution < 1.29 is 9.59 Å². The van der Waals surface area contributed by atoms with E-state index >= 15 is 0 Å². The molecule has 1 saturated heterocycles. The summed E-state index contributed by atoms with van der Waals surface area (Å²) in [5.74, 6) is -0.259. The van der Waals surface area contributed by atoms with Crippen molar-refractivity contribution in [2.45, 2.75) is 26.2 Å². The monoisotopic (exact) mass is 444 g/mol. The van der Waals surface area contributed by atoms with Crippen LogP contribution in [0, 0.1) is 0 Å². The van der Waals surface area contributed by atoms with Crippen molar-refractivity contribution in [3.05, 3.63) is 58.0 Å². The van der Waals surface area contributed by atoms with Crippen molar-refractivity contribution in [2.24, 2.45) is 0 Å². The predicted octanol–water partition coefficient (Wildman–Crippen LogP) is 4.28. The molecule has 1 aliphatic heterocycles. The number of allylic oxidation sites excluding steroid dienone is 2. The van der Waals surface area contributed by atoms with Gasteiger partial charge in [-0.3, -0.25) is 14.5 Å². The van der Waals surface area contributed by atoms with E-state index in [4.69, 9.17) is 12.2 Å². The molecule has 0 saturated carbocycles. The molecule has 1 aromatic carbocycles. The zero-order valence-corrected chi connectivity index (χ0v) is 18.3. The molecule has 0 bridgehead atoms. The van der Waals surface area contributed by atoms with E-state index in [0.29, 0.717) is 27.3 Å². The Kier molecular flexibility index (Phi) is 7.68. The summed E-state index contributed by atoms with van der Waals surface area (Å²) in [6.45, 7) is 2.40. The number of benzene rings is 1. The summed E-state index contributed by atoms with van der Waals surface area (Å²) in [5.41, 5.74) is 1.06. The van der Waals surface area contributed by atoms with Crippen molar-refractivity contribution in [1.82, 2.24) is 15.1 Å². The molecule has 2 amide bonds. The van der Waals surface area contributed by atoms with Gasteiger partial charge in [-0.25, -0.2) is 0 Å². The average molecular weight is 445 g/mol. The van der Waals surface area contributed by atoms with Crippen molar-refractivity contribution in [1.29, 1.82) is 0 Å². The molecule has 1 aliphatic rings. The van der Waals surface area contributed by atoms with E-state index in [-0.39, 0.29) is 18.2 Å². The van der Waals surface area contributed by atoms with Gasteiger partial charge in [0.15, 0.2) is 0 Å². The van der Waals surface area contributed by atoms with Crippen LogP contribution in [0.2, 0.25) is 0 Å². The summed E-state index contributed by atoms with van der Waals surface area (Å²) < 4.78 is 0.520. The molecule has 1 aromatic heterocycles. The maximum atomic E-state index is 12.6. The highest BCUT2D eigenvalue weighted by Crippen LogP contribution is 2.31. The van der Waals surface area contributed by atoms with Crippen LogP contribution in [0.3, 0.4) is 0 Å². The highest BCUT2D eigenvalue weighted by atomic mass is 32.2. The summed E-state index contributed by atoms with van der Waals surface area (Å²) in [4.78, 5) is 26.8. The van der Waals surface area contributed by atoms with Gasteiger partial charge in [0.2, 0.25) is 11.0 Å². The highest BCUT2D eigenvalue weighted by Gasteiger charge is 2.31. The number of aryl methyl sites for hydroxylation is 1. The van der Waals surface area contributed by atoms with Gasteiger partial charge in [0.25, 0.3) is 5.91 Å². The number of rotatable bonds is 8. The van der Waals surface area contributed by atoms with Crippen molar-refractivity contribution in [3.8, 4) is 0 Å². The lowest BCUT2D eigenvalue weighted by molar-refractivity contribution is -0.122. The van der Waals surface area contributed by atoms with E-state index in [9.17, 15) is 9.59 Å². The summed E-state index contributed by atoms with van der Waals surface area (Å²) in [5, 5.41) is 12.0. The Bertz CT molecular complexity index is 954. The van der Waals surface area contributed by atoms with Crippen LogP contribution in [0.15, 0.2) is 47.4 Å². The second kappa shape index (κ2) is 10.4. The molecule has 29 heavy (non-hydrogen) atoms. The smallest absolute Gasteiger partial charge is 0.266 e. The predicted molar refractivity (Wildman–Crippen MR) is 123 cm³/mol. The van der Waals surface area contributed by atoms with Crippen molar-refractivity contribution >= 4 is 62.7 Å². The quantitative estimate of drug-likeness (QED) is 0.484. The number of nitrogens with zero attached hydrogens (tertiary/aromatic N) is 3. The lowest BCUT2D eigenvalue weighted by atomic mass is 10.2. The van der Waals surface area contributed by atoms with Crippen LogP contribution in [0.1, 0.15) is 30.3 Å². The van der Waals surface area contributed by atoms with Crippen molar-refractivity contribution in [3.63, 3.8) is 0 Å². The molecule has 1 N–H and O–H groups in total. The summed E-state index contributed by atoms with van der Waals surface area (Å²) in [6.07, 6.45) is 7.15. The number of amides is 2. The van der Waals surface area contributed by atoms with Gasteiger partial charge in [0.1, 0.15) is 9.33 Å². The van der Waals surface area contributed by atoms with Crippen LogP contribution in [0.4, 0.5) is 5.13 Å². The highest BCUT2D eigenvalue weighted by molar-refractivity contribution is 8.26. The minimum Gasteiger partial charge on any atom is -0.301 e. The van der Waals surface area contributed by atoms with E-state index in [1.807, 2.05) is 49.4 Å². The maximum absolute atomic E-state index is 12.6. The molecule has 0 atom stereocenters. The molecule has 0 spiro atoms. The number of nitrogens with one attached hydrogen (secondary N) is 1. The second-order valence-corrected chi connectivity index (χ2v) is 8.87. The standard InChI is InChI=1S/C20H20N4O2S3/c1-2-17-22-23-19(29-17)21-16(25)12-7-13-24-18(26)15(28-20(24)27)11-6-10-14-8-4-3-5-9-14/h3-6,8-11H,2,7,12-13H2,1H3,(H,21,23,25)/b10-6+,15-11-. The number of hydrogen-bond donors (Lipinski definition) is 1. The number of anilines is 1. The third-order valence-corrected chi connectivity index (χ3v) is 6.39. The lowest BCUT2D eigenvalue weighted by Gasteiger charge is -2.13. The molecule has 6 nitrogen and oxygen atoms in total. The first-order chi connectivity index (χ1) is 14.1. The van der Waals surface area contributed by atoms with Crippen LogP contribution in [0.5, 0.6) is 0 Å². The van der Waals surface area contributed by atoms with Gasteiger partial charge < -0.3 is 5.32 Å². The fourth-order valence-corrected chi connectivity index (χ4v) is 4.50. The molecule has 0 unspecified atom stereocenters. The maximum Gasteiger partial charge on any atom is 0.266 e. The van der Waals surface area contributed by atoms with Gasteiger partial charge >= 0.3 is 0 Å². The number of carbonyl (C=O) groups excluding carboxylic acids is 2. The average Bonchev–Trinajstić information content (AvgIpc) is 3.28. The molecule has 150 valence electrons. The topological polar surface area (TPSA) is 75.2 Å². The number of thioether (sulfide) groups is 1. The number of aromatic nitrogens is 2. The molecule has 0 aliphatic carbocycles. The molecule has 2 aromatic rings. The Morgan fingerprint density at radius 1 is 1.28 bits per heavy atom. The molecule has 9 heteroatoms. The zero-order chi connectivity index (χ0) is 20.6. The SMILES string of the molecule is CCc1nnc(NC(=O)CCCN2C(=O)/C(=C/C=C/c3ccccc3)SC2=S)s1. The minimum atomic E-state index is -0.143. The molecule has 1 fully saturated rings. The number of thiocarbonyl (C=S) groups is 1. The van der Waals surface area contributed by atoms with E-state index in [2.05, 4.69) is 15.5 Å². The van der Waals surface area contributed by atoms with Gasteiger partial charge in [-0.05, 0) is 24.5 Å². The third-order valence-electron chi connectivity index (χ3n) is 4.01.